The van der Waals surface area contributed by atoms with Crippen molar-refractivity contribution in [1.29, 1.82) is 0 Å². The highest BCUT2D eigenvalue weighted by Crippen LogP contribution is 2.47. The Morgan fingerprint density at radius 1 is 1.12 bits per heavy atom. The molecule has 1 saturated heterocycles. The van der Waals surface area contributed by atoms with Gasteiger partial charge < -0.3 is 18.6 Å². The van der Waals surface area contributed by atoms with Crippen LogP contribution in [-0.4, -0.2) is 34.3 Å². The number of hydrogen-bond acceptors (Lipinski definition) is 5. The fourth-order valence-corrected chi connectivity index (χ4v) is 9.60. The van der Waals surface area contributed by atoms with Crippen molar-refractivity contribution in [3.63, 3.8) is 0 Å². The highest BCUT2D eigenvalue weighted by Gasteiger charge is 2.52. The molecule has 2 atom stereocenters. The third-order valence-corrected chi connectivity index (χ3v) is 11.4. The van der Waals surface area contributed by atoms with Gasteiger partial charge >= 0.3 is 5.97 Å². The van der Waals surface area contributed by atoms with Gasteiger partial charge in [0, 0.05) is 0 Å². The van der Waals surface area contributed by atoms with Crippen molar-refractivity contribution in [2.75, 3.05) is 13.7 Å². The van der Waals surface area contributed by atoms with E-state index in [1.807, 2.05) is 0 Å². The molecule has 6 heteroatoms. The number of fused-ring (bicyclic) bond motifs is 1. The number of methoxy groups -OCH3 is 1. The Labute approximate surface area is 146 Å². The normalized spacial score (nSPS) is 24.4. The van der Waals surface area contributed by atoms with E-state index in [-0.39, 0.29) is 11.9 Å². The quantitative estimate of drug-likeness (QED) is 0.523. The van der Waals surface area contributed by atoms with E-state index in [1.165, 1.54) is 7.11 Å². The summed E-state index contributed by atoms with van der Waals surface area (Å²) in [6.45, 7) is 13.9. The van der Waals surface area contributed by atoms with Gasteiger partial charge in [0.1, 0.15) is 5.57 Å². The molecule has 2 heterocycles. The lowest BCUT2D eigenvalue weighted by Gasteiger charge is -2.42. The van der Waals surface area contributed by atoms with Gasteiger partial charge in [-0.15, -0.1) is 0 Å². The first-order valence-electron chi connectivity index (χ1n) is 9.05. The molecule has 0 N–H and O–H groups in total. The van der Waals surface area contributed by atoms with Crippen molar-refractivity contribution in [3.8, 4) is 0 Å². The Balaban J connectivity index is 2.43. The monoisotopic (exact) mass is 356 g/mol. The summed E-state index contributed by atoms with van der Waals surface area (Å²) in [5, 5.41) is 0. The van der Waals surface area contributed by atoms with Crippen LogP contribution in [0.3, 0.4) is 0 Å². The topological polar surface area (TPSA) is 54.0 Å². The van der Waals surface area contributed by atoms with Gasteiger partial charge in [-0.1, -0.05) is 41.5 Å². The van der Waals surface area contributed by atoms with Crippen LogP contribution in [0, 0.1) is 5.92 Å². The molecule has 2 aliphatic rings. The Morgan fingerprint density at radius 2 is 1.71 bits per heavy atom. The molecule has 1 fully saturated rings. The fraction of sp³-hybridized carbons (Fsp3) is 0.833. The smallest absolute Gasteiger partial charge is 0.341 e. The molecular formula is C18H32O5Si. The van der Waals surface area contributed by atoms with Crippen LogP contribution in [0.5, 0.6) is 0 Å². The van der Waals surface area contributed by atoms with E-state index in [4.69, 9.17) is 18.6 Å². The molecule has 0 aliphatic carbocycles. The predicted molar refractivity (Wildman–Crippen MR) is 94.7 cm³/mol. The second-order valence-corrected chi connectivity index (χ2v) is 13.1. The first-order valence-corrected chi connectivity index (χ1v) is 11.2. The summed E-state index contributed by atoms with van der Waals surface area (Å²) < 4.78 is 23.3. The van der Waals surface area contributed by atoms with Crippen molar-refractivity contribution >= 4 is 14.3 Å². The van der Waals surface area contributed by atoms with Crippen LogP contribution in [0.25, 0.3) is 0 Å². The minimum atomic E-state index is -2.20. The molecule has 2 unspecified atom stereocenters. The van der Waals surface area contributed by atoms with Gasteiger partial charge in [0.15, 0.2) is 0 Å². The molecule has 0 radical (unpaired) electrons. The molecular weight excluding hydrogens is 324 g/mol. The minimum absolute atomic E-state index is 0.0839. The van der Waals surface area contributed by atoms with E-state index in [0.717, 1.165) is 12.8 Å². The molecule has 138 valence electrons. The number of esters is 1. The molecule has 0 spiro atoms. The second-order valence-electron chi connectivity index (χ2n) is 7.72. The van der Waals surface area contributed by atoms with E-state index in [2.05, 4.69) is 41.5 Å². The third kappa shape index (κ3) is 3.22. The zero-order valence-electron chi connectivity index (χ0n) is 16.0. The number of ether oxygens (including phenoxy) is 3. The Bertz CT molecular complexity index is 476. The van der Waals surface area contributed by atoms with E-state index in [0.29, 0.717) is 34.7 Å². The average Bonchev–Trinajstić information content (AvgIpc) is 2.88. The summed E-state index contributed by atoms with van der Waals surface area (Å²) in [7, 11) is -0.799. The van der Waals surface area contributed by atoms with E-state index in [9.17, 15) is 4.79 Å². The highest BCUT2D eigenvalue weighted by molar-refractivity contribution is 6.77. The maximum absolute atomic E-state index is 12.4. The Kier molecular flexibility index (Phi) is 6.02. The van der Waals surface area contributed by atoms with Crippen molar-refractivity contribution in [1.82, 2.24) is 0 Å². The molecule has 2 aliphatic heterocycles. The standard InChI is InChI=1S/C18H32O5Si/c1-11(2)24(12(3)4,13(5)6)23-18-15(16(19)20-7)14-9-8-10-21-17(14)22-18/h11-14,17H,8-10H2,1-7H3. The first kappa shape index (κ1) is 19.3. The molecule has 0 aromatic carbocycles. The van der Waals surface area contributed by atoms with Crippen LogP contribution in [0.1, 0.15) is 54.4 Å². The van der Waals surface area contributed by atoms with Crippen LogP contribution >= 0.6 is 0 Å². The molecule has 0 aromatic heterocycles. The number of rotatable bonds is 6. The number of hydrogen-bond donors (Lipinski definition) is 0. The lowest BCUT2D eigenvalue weighted by Crippen LogP contribution is -2.47. The summed E-state index contributed by atoms with van der Waals surface area (Å²) in [6.07, 6.45) is 1.36. The molecule has 0 aromatic rings. The third-order valence-electron chi connectivity index (χ3n) is 5.47. The van der Waals surface area contributed by atoms with Crippen molar-refractivity contribution in [2.45, 2.75) is 77.3 Å². The van der Waals surface area contributed by atoms with E-state index < -0.39 is 14.6 Å². The molecule has 5 nitrogen and oxygen atoms in total. The van der Waals surface area contributed by atoms with Gasteiger partial charge in [-0.3, -0.25) is 0 Å². The Morgan fingerprint density at radius 3 is 2.21 bits per heavy atom. The van der Waals surface area contributed by atoms with E-state index >= 15 is 0 Å². The van der Waals surface area contributed by atoms with Gasteiger partial charge in [0.2, 0.25) is 6.29 Å². The van der Waals surface area contributed by atoms with Gasteiger partial charge in [0.05, 0.1) is 19.6 Å². The number of carbonyl (C=O) groups excluding carboxylic acids is 1. The maximum Gasteiger partial charge on any atom is 0.341 e. The van der Waals surface area contributed by atoms with Gasteiger partial charge in [-0.25, -0.2) is 4.79 Å². The minimum Gasteiger partial charge on any atom is -0.518 e. The summed E-state index contributed by atoms with van der Waals surface area (Å²) >= 11 is 0. The maximum atomic E-state index is 12.4. The lowest BCUT2D eigenvalue weighted by molar-refractivity contribution is -0.161. The Hall–Kier alpha value is -1.01. The summed E-state index contributed by atoms with van der Waals surface area (Å²) in [5.74, 6) is -0.0805. The molecule has 0 bridgehead atoms. The van der Waals surface area contributed by atoms with Crippen molar-refractivity contribution < 1.29 is 23.4 Å². The zero-order chi connectivity index (χ0) is 18.1. The van der Waals surface area contributed by atoms with E-state index in [1.54, 1.807) is 0 Å². The van der Waals surface area contributed by atoms with Crippen molar-refractivity contribution in [3.05, 3.63) is 11.5 Å². The van der Waals surface area contributed by atoms with Crippen LogP contribution in [0.15, 0.2) is 11.5 Å². The molecule has 24 heavy (non-hydrogen) atoms. The fourth-order valence-electron chi connectivity index (χ4n) is 4.41. The largest absolute Gasteiger partial charge is 0.518 e. The van der Waals surface area contributed by atoms with Gasteiger partial charge in [-0.05, 0) is 29.5 Å². The molecule has 0 saturated carbocycles. The van der Waals surface area contributed by atoms with Crippen LogP contribution in [0.2, 0.25) is 16.6 Å². The number of carbonyl (C=O) groups is 1. The average molecular weight is 357 g/mol. The van der Waals surface area contributed by atoms with Crippen LogP contribution in [-0.2, 0) is 23.4 Å². The second kappa shape index (κ2) is 7.48. The molecule has 0 amide bonds. The highest BCUT2D eigenvalue weighted by atomic mass is 28.4. The van der Waals surface area contributed by atoms with Crippen LogP contribution in [0.4, 0.5) is 0 Å². The molecule has 2 rings (SSSR count). The SMILES string of the molecule is COC(=O)C1=C(O[Si](C(C)C)(C(C)C)C(C)C)OC2OCCCC12. The van der Waals surface area contributed by atoms with Crippen LogP contribution < -0.4 is 0 Å². The first-order chi connectivity index (χ1) is 11.3. The van der Waals surface area contributed by atoms with Gasteiger partial charge in [0.25, 0.3) is 14.3 Å². The predicted octanol–water partition coefficient (Wildman–Crippen LogP) is 4.35. The van der Waals surface area contributed by atoms with Crippen molar-refractivity contribution in [2.24, 2.45) is 5.92 Å². The lowest BCUT2D eigenvalue weighted by atomic mass is 9.94. The summed E-state index contributed by atoms with van der Waals surface area (Å²) in [6, 6.07) is 0. The zero-order valence-corrected chi connectivity index (χ0v) is 17.0. The summed E-state index contributed by atoms with van der Waals surface area (Å²) in [4.78, 5) is 12.4. The summed E-state index contributed by atoms with van der Waals surface area (Å²) in [5.41, 5.74) is 1.73. The van der Waals surface area contributed by atoms with Gasteiger partial charge in [-0.2, -0.15) is 0 Å².